The number of rotatable bonds is 0. The van der Waals surface area contributed by atoms with Crippen molar-refractivity contribution in [2.75, 3.05) is 0 Å². The summed E-state index contributed by atoms with van der Waals surface area (Å²) >= 11 is 0. The second-order valence-corrected chi connectivity index (χ2v) is 3.11. The quantitative estimate of drug-likeness (QED) is 0.461. The molecule has 9 heavy (non-hydrogen) atoms. The Morgan fingerprint density at radius 2 is 2.44 bits per heavy atom. The molecule has 0 aliphatic heterocycles. The Hall–Kier alpha value is -0.520. The van der Waals surface area contributed by atoms with Crippen LogP contribution in [0, 0.1) is 5.92 Å². The highest BCUT2D eigenvalue weighted by Crippen LogP contribution is 2.37. The number of hydrogen-bond donors (Lipinski definition) is 0. The van der Waals surface area contributed by atoms with Crippen LogP contribution in [-0.2, 0) is 0 Å². The lowest BCUT2D eigenvalue weighted by Gasteiger charge is -2.00. The van der Waals surface area contributed by atoms with Gasteiger partial charge in [-0.05, 0) is 30.8 Å². The minimum Gasteiger partial charge on any atom is -0.0802 e. The van der Waals surface area contributed by atoms with Gasteiger partial charge in [0.1, 0.15) is 0 Å². The van der Waals surface area contributed by atoms with Gasteiger partial charge in [-0.25, -0.2) is 0 Å². The van der Waals surface area contributed by atoms with Crippen LogP contribution in [0.1, 0.15) is 26.2 Å². The van der Waals surface area contributed by atoms with Crippen molar-refractivity contribution in [3.05, 3.63) is 23.3 Å². The first kappa shape index (κ1) is 5.28. The Kier molecular flexibility index (Phi) is 1.01. The molecular weight excluding hydrogens is 108 g/mol. The van der Waals surface area contributed by atoms with Crippen LogP contribution in [0.25, 0.3) is 0 Å². The highest BCUT2D eigenvalue weighted by Gasteiger charge is 2.21. The highest BCUT2D eigenvalue weighted by atomic mass is 14.3. The average molecular weight is 120 g/mol. The first-order valence-electron chi connectivity index (χ1n) is 3.76. The van der Waals surface area contributed by atoms with Gasteiger partial charge in [0.2, 0.25) is 0 Å². The first-order valence-corrected chi connectivity index (χ1v) is 3.76. The van der Waals surface area contributed by atoms with Crippen LogP contribution >= 0.6 is 0 Å². The molecule has 0 saturated carbocycles. The zero-order valence-electron chi connectivity index (χ0n) is 5.85. The van der Waals surface area contributed by atoms with Crippen LogP contribution in [0.4, 0.5) is 0 Å². The topological polar surface area (TPSA) is 0 Å². The zero-order valence-corrected chi connectivity index (χ0v) is 5.85. The third kappa shape index (κ3) is 0.658. The Balaban J connectivity index is 2.33. The van der Waals surface area contributed by atoms with E-state index in [0.717, 1.165) is 5.92 Å². The van der Waals surface area contributed by atoms with Gasteiger partial charge in [0.25, 0.3) is 0 Å². The van der Waals surface area contributed by atoms with Crippen LogP contribution in [0.3, 0.4) is 0 Å². The normalized spacial score (nSPS) is 31.9. The SMILES string of the molecule is C[C@@H]1CCC2=C1C=CC2. The molecule has 2 aliphatic carbocycles. The third-order valence-electron chi connectivity index (χ3n) is 2.48. The van der Waals surface area contributed by atoms with Crippen LogP contribution in [-0.4, -0.2) is 0 Å². The summed E-state index contributed by atoms with van der Waals surface area (Å²) in [5, 5.41) is 0. The Morgan fingerprint density at radius 1 is 1.56 bits per heavy atom. The van der Waals surface area contributed by atoms with E-state index in [4.69, 9.17) is 0 Å². The molecule has 0 spiro atoms. The second kappa shape index (κ2) is 1.73. The molecule has 0 amide bonds. The summed E-state index contributed by atoms with van der Waals surface area (Å²) in [6.45, 7) is 2.33. The number of hydrogen-bond acceptors (Lipinski definition) is 0. The molecule has 2 rings (SSSR count). The van der Waals surface area contributed by atoms with Gasteiger partial charge in [-0.2, -0.15) is 0 Å². The molecule has 0 heterocycles. The molecule has 2 aliphatic rings. The minimum atomic E-state index is 0.860. The van der Waals surface area contributed by atoms with Crippen molar-refractivity contribution in [3.8, 4) is 0 Å². The van der Waals surface area contributed by atoms with Gasteiger partial charge < -0.3 is 0 Å². The molecular formula is C9H12. The molecule has 0 aromatic heterocycles. The van der Waals surface area contributed by atoms with E-state index in [0.29, 0.717) is 0 Å². The zero-order chi connectivity index (χ0) is 6.27. The lowest BCUT2D eigenvalue weighted by Crippen LogP contribution is -1.87. The third-order valence-corrected chi connectivity index (χ3v) is 2.48. The summed E-state index contributed by atoms with van der Waals surface area (Å²) < 4.78 is 0. The lowest BCUT2D eigenvalue weighted by molar-refractivity contribution is 0.676. The van der Waals surface area contributed by atoms with Crippen molar-refractivity contribution in [2.45, 2.75) is 26.2 Å². The lowest BCUT2D eigenvalue weighted by atomic mass is 10.1. The van der Waals surface area contributed by atoms with Crippen LogP contribution in [0.5, 0.6) is 0 Å². The van der Waals surface area contributed by atoms with Crippen LogP contribution < -0.4 is 0 Å². The Morgan fingerprint density at radius 3 is 3.22 bits per heavy atom. The van der Waals surface area contributed by atoms with E-state index in [1.165, 1.54) is 19.3 Å². The second-order valence-electron chi connectivity index (χ2n) is 3.11. The van der Waals surface area contributed by atoms with E-state index in [1.54, 1.807) is 11.1 Å². The first-order chi connectivity index (χ1) is 4.38. The van der Waals surface area contributed by atoms with Gasteiger partial charge in [-0.15, -0.1) is 0 Å². The van der Waals surface area contributed by atoms with Crippen molar-refractivity contribution < 1.29 is 0 Å². The van der Waals surface area contributed by atoms with Crippen molar-refractivity contribution in [2.24, 2.45) is 5.92 Å². The maximum absolute atomic E-state index is 2.33. The molecule has 0 heteroatoms. The van der Waals surface area contributed by atoms with Gasteiger partial charge in [-0.1, -0.05) is 24.6 Å². The molecule has 48 valence electrons. The summed E-state index contributed by atoms with van der Waals surface area (Å²) in [5.41, 5.74) is 3.36. The molecule has 0 N–H and O–H groups in total. The van der Waals surface area contributed by atoms with Gasteiger partial charge >= 0.3 is 0 Å². The number of allylic oxidation sites excluding steroid dienone is 4. The maximum Gasteiger partial charge on any atom is -0.0130 e. The average Bonchev–Trinajstić information content (AvgIpc) is 2.35. The molecule has 0 aromatic rings. The monoisotopic (exact) mass is 120 g/mol. The molecule has 0 radical (unpaired) electrons. The molecule has 0 bridgehead atoms. The van der Waals surface area contributed by atoms with Crippen molar-refractivity contribution in [3.63, 3.8) is 0 Å². The van der Waals surface area contributed by atoms with Gasteiger partial charge in [0, 0.05) is 0 Å². The smallest absolute Gasteiger partial charge is 0.0130 e. The van der Waals surface area contributed by atoms with E-state index in [9.17, 15) is 0 Å². The highest BCUT2D eigenvalue weighted by molar-refractivity contribution is 5.38. The van der Waals surface area contributed by atoms with Crippen LogP contribution in [0.15, 0.2) is 23.3 Å². The molecule has 0 unspecified atom stereocenters. The predicted octanol–water partition coefficient (Wildman–Crippen LogP) is 2.67. The predicted molar refractivity (Wildman–Crippen MR) is 39.2 cm³/mol. The molecule has 0 aromatic carbocycles. The van der Waals surface area contributed by atoms with E-state index in [-0.39, 0.29) is 0 Å². The van der Waals surface area contributed by atoms with Crippen molar-refractivity contribution >= 4 is 0 Å². The molecule has 0 saturated heterocycles. The van der Waals surface area contributed by atoms with Gasteiger partial charge in [-0.3, -0.25) is 0 Å². The Bertz CT molecular complexity index is 184. The molecule has 0 nitrogen and oxygen atoms in total. The molecule has 0 fully saturated rings. The summed E-state index contributed by atoms with van der Waals surface area (Å²) in [6.07, 6.45) is 8.62. The standard InChI is InChI=1S/C9H12/c1-7-5-6-8-3-2-4-9(7)8/h2,4,7H,3,5-6H2,1H3/t7-/m1/s1. The van der Waals surface area contributed by atoms with E-state index >= 15 is 0 Å². The fourth-order valence-electron chi connectivity index (χ4n) is 1.87. The van der Waals surface area contributed by atoms with Gasteiger partial charge in [0.15, 0.2) is 0 Å². The summed E-state index contributed by atoms with van der Waals surface area (Å²) in [6, 6.07) is 0. The summed E-state index contributed by atoms with van der Waals surface area (Å²) in [5.74, 6) is 0.860. The van der Waals surface area contributed by atoms with E-state index in [1.807, 2.05) is 0 Å². The fourth-order valence-corrected chi connectivity index (χ4v) is 1.87. The minimum absolute atomic E-state index is 0.860. The summed E-state index contributed by atoms with van der Waals surface area (Å²) in [4.78, 5) is 0. The van der Waals surface area contributed by atoms with Crippen molar-refractivity contribution in [1.29, 1.82) is 0 Å². The van der Waals surface area contributed by atoms with Crippen LogP contribution in [0.2, 0.25) is 0 Å². The fraction of sp³-hybridized carbons (Fsp3) is 0.556. The van der Waals surface area contributed by atoms with Gasteiger partial charge in [0.05, 0.1) is 0 Å². The van der Waals surface area contributed by atoms with E-state index in [2.05, 4.69) is 19.1 Å². The maximum atomic E-state index is 2.33. The molecule has 1 atom stereocenters. The largest absolute Gasteiger partial charge is 0.0802 e. The van der Waals surface area contributed by atoms with E-state index < -0.39 is 0 Å². The summed E-state index contributed by atoms with van der Waals surface area (Å²) in [7, 11) is 0. The van der Waals surface area contributed by atoms with Crippen molar-refractivity contribution in [1.82, 2.24) is 0 Å². The Labute approximate surface area is 56.3 Å².